The molecule has 0 radical (unpaired) electrons. The van der Waals surface area contributed by atoms with Crippen molar-refractivity contribution in [2.24, 2.45) is 0 Å². The molecule has 1 aliphatic carbocycles. The van der Waals surface area contributed by atoms with Crippen molar-refractivity contribution in [3.63, 3.8) is 0 Å². The average Bonchev–Trinajstić information content (AvgIpc) is 2.39. The Morgan fingerprint density at radius 3 is 2.30 bits per heavy atom. The fraction of sp³-hybridized carbons (Fsp3) is 0.933. The first kappa shape index (κ1) is 16.0. The molecule has 116 valence electrons. The highest BCUT2D eigenvalue weighted by Crippen LogP contribution is 2.18. The number of nitrogens with one attached hydrogen (secondary N) is 1. The van der Waals surface area contributed by atoms with E-state index in [1.807, 2.05) is 13.8 Å². The second-order valence-electron chi connectivity index (χ2n) is 6.86. The Hall–Kier alpha value is -0.390. The van der Waals surface area contributed by atoms with Crippen LogP contribution < -0.4 is 5.32 Å². The maximum absolute atomic E-state index is 9.87. The van der Waals surface area contributed by atoms with Crippen LogP contribution in [0.3, 0.4) is 0 Å². The second kappa shape index (κ2) is 7.05. The lowest BCUT2D eigenvalue weighted by Crippen LogP contribution is -2.55. The third-order valence-electron chi connectivity index (χ3n) is 4.20. The molecule has 0 atom stereocenters. The fourth-order valence-electron chi connectivity index (χ4n) is 3.17. The number of nitrogens with zero attached hydrogens (tertiary/aromatic N) is 2. The van der Waals surface area contributed by atoms with E-state index in [1.165, 1.54) is 32.1 Å². The Morgan fingerprint density at radius 2 is 1.75 bits per heavy atom. The molecule has 0 bridgehead atoms. The van der Waals surface area contributed by atoms with Crippen molar-refractivity contribution < 1.29 is 5.11 Å². The molecule has 0 amide bonds. The van der Waals surface area contributed by atoms with Gasteiger partial charge in [-0.2, -0.15) is 0 Å². The summed E-state index contributed by atoms with van der Waals surface area (Å²) in [5.41, 5.74) is -0.608. The number of β-amino-alcohol motifs (C(OH)–C–C–N with tert-alkyl or cyclic N) is 1. The topological polar surface area (TPSA) is 38.7 Å². The van der Waals surface area contributed by atoms with Crippen LogP contribution in [0.25, 0.3) is 0 Å². The lowest BCUT2D eigenvalue weighted by atomic mass is 9.96. The summed E-state index contributed by atoms with van der Waals surface area (Å²) in [5.74, 6) is 0. The number of piperazine rings is 1. The third kappa shape index (κ3) is 5.19. The van der Waals surface area contributed by atoms with E-state index in [1.54, 1.807) is 0 Å². The van der Waals surface area contributed by atoms with Gasteiger partial charge < -0.3 is 15.3 Å². The largest absolute Gasteiger partial charge is 0.389 e. The molecule has 2 rings (SSSR count). The Labute approximate surface area is 128 Å². The second-order valence-corrected chi connectivity index (χ2v) is 7.25. The van der Waals surface area contributed by atoms with Gasteiger partial charge in [0.05, 0.1) is 5.60 Å². The number of hydrogen-bond donors (Lipinski definition) is 2. The summed E-state index contributed by atoms with van der Waals surface area (Å²) in [6.45, 7) is 8.38. The van der Waals surface area contributed by atoms with Crippen LogP contribution in [0.2, 0.25) is 0 Å². The molecule has 1 saturated carbocycles. The Bertz CT molecular complexity index is 316. The van der Waals surface area contributed by atoms with Crippen molar-refractivity contribution in [3.05, 3.63) is 0 Å². The molecule has 0 unspecified atom stereocenters. The van der Waals surface area contributed by atoms with Crippen LogP contribution in [0.4, 0.5) is 0 Å². The summed E-state index contributed by atoms with van der Waals surface area (Å²) in [5, 5.41) is 14.3. The van der Waals surface area contributed by atoms with E-state index >= 15 is 0 Å². The van der Waals surface area contributed by atoms with Gasteiger partial charge in [-0.15, -0.1) is 0 Å². The molecule has 4 nitrogen and oxygen atoms in total. The van der Waals surface area contributed by atoms with Crippen LogP contribution in [0, 0.1) is 0 Å². The predicted octanol–water partition coefficient (Wildman–Crippen LogP) is 1.58. The molecule has 5 heteroatoms. The Kier molecular flexibility index (Phi) is 5.64. The summed E-state index contributed by atoms with van der Waals surface area (Å²) in [6, 6.07) is 0.589. The van der Waals surface area contributed by atoms with Gasteiger partial charge in [0, 0.05) is 38.8 Å². The van der Waals surface area contributed by atoms with Crippen molar-refractivity contribution in [2.45, 2.75) is 57.6 Å². The maximum Gasteiger partial charge on any atom is 0.169 e. The molecule has 0 aromatic carbocycles. The highest BCUT2D eigenvalue weighted by molar-refractivity contribution is 7.80. The van der Waals surface area contributed by atoms with E-state index < -0.39 is 5.60 Å². The normalized spacial score (nSPS) is 22.9. The molecule has 2 fully saturated rings. The number of hydrogen-bond acceptors (Lipinski definition) is 3. The minimum atomic E-state index is -0.608. The zero-order valence-corrected chi connectivity index (χ0v) is 13.7. The highest BCUT2D eigenvalue weighted by atomic mass is 32.1. The summed E-state index contributed by atoms with van der Waals surface area (Å²) in [6.07, 6.45) is 6.57. The monoisotopic (exact) mass is 299 g/mol. The molecule has 2 N–H and O–H groups in total. The Balaban J connectivity index is 1.71. The zero-order chi connectivity index (χ0) is 14.6. The molecule has 1 saturated heterocycles. The minimum Gasteiger partial charge on any atom is -0.389 e. The summed E-state index contributed by atoms with van der Waals surface area (Å²) >= 11 is 5.55. The van der Waals surface area contributed by atoms with Crippen molar-refractivity contribution in [2.75, 3.05) is 32.7 Å². The van der Waals surface area contributed by atoms with Gasteiger partial charge in [-0.25, -0.2) is 0 Å². The van der Waals surface area contributed by atoms with E-state index in [-0.39, 0.29) is 0 Å². The lowest BCUT2D eigenvalue weighted by molar-refractivity contribution is 0.0250. The molecule has 1 heterocycles. The number of aliphatic hydroxyl groups is 1. The van der Waals surface area contributed by atoms with Gasteiger partial charge in [-0.1, -0.05) is 19.3 Å². The zero-order valence-electron chi connectivity index (χ0n) is 12.9. The number of thiocarbonyl (C=S) groups is 1. The molecule has 2 aliphatic rings. The molecule has 0 spiro atoms. The van der Waals surface area contributed by atoms with Crippen LogP contribution in [-0.4, -0.2) is 64.4 Å². The van der Waals surface area contributed by atoms with E-state index in [0.29, 0.717) is 6.04 Å². The summed E-state index contributed by atoms with van der Waals surface area (Å²) in [4.78, 5) is 4.60. The average molecular weight is 299 g/mol. The van der Waals surface area contributed by atoms with Crippen LogP contribution in [0.15, 0.2) is 0 Å². The van der Waals surface area contributed by atoms with Gasteiger partial charge in [0.1, 0.15) is 0 Å². The molecular formula is C15H29N3OS. The van der Waals surface area contributed by atoms with Gasteiger partial charge in [0.25, 0.3) is 0 Å². The summed E-state index contributed by atoms with van der Waals surface area (Å²) in [7, 11) is 0. The van der Waals surface area contributed by atoms with Crippen molar-refractivity contribution in [1.29, 1.82) is 0 Å². The summed E-state index contributed by atoms with van der Waals surface area (Å²) < 4.78 is 0. The van der Waals surface area contributed by atoms with Crippen molar-refractivity contribution in [3.8, 4) is 0 Å². The molecule has 20 heavy (non-hydrogen) atoms. The van der Waals surface area contributed by atoms with Crippen LogP contribution in [0.5, 0.6) is 0 Å². The highest BCUT2D eigenvalue weighted by Gasteiger charge is 2.24. The van der Waals surface area contributed by atoms with Crippen molar-refractivity contribution in [1.82, 2.24) is 15.1 Å². The van der Waals surface area contributed by atoms with E-state index in [4.69, 9.17) is 12.2 Å². The van der Waals surface area contributed by atoms with Crippen LogP contribution >= 0.6 is 12.2 Å². The predicted molar refractivity (Wildman–Crippen MR) is 86.9 cm³/mol. The van der Waals surface area contributed by atoms with Gasteiger partial charge in [-0.05, 0) is 38.9 Å². The van der Waals surface area contributed by atoms with E-state index in [0.717, 1.165) is 37.8 Å². The van der Waals surface area contributed by atoms with E-state index in [9.17, 15) is 5.11 Å². The smallest absolute Gasteiger partial charge is 0.169 e. The molecular weight excluding hydrogens is 270 g/mol. The lowest BCUT2D eigenvalue weighted by Gasteiger charge is -2.39. The maximum atomic E-state index is 9.87. The van der Waals surface area contributed by atoms with Crippen LogP contribution in [-0.2, 0) is 0 Å². The third-order valence-corrected chi connectivity index (χ3v) is 4.58. The van der Waals surface area contributed by atoms with Gasteiger partial charge >= 0.3 is 0 Å². The number of rotatable bonds is 3. The first-order valence-electron chi connectivity index (χ1n) is 7.94. The molecule has 0 aromatic heterocycles. The van der Waals surface area contributed by atoms with Crippen molar-refractivity contribution >= 4 is 17.3 Å². The first-order valence-corrected chi connectivity index (χ1v) is 8.35. The van der Waals surface area contributed by atoms with Gasteiger partial charge in [0.15, 0.2) is 5.11 Å². The minimum absolute atomic E-state index is 0.589. The van der Waals surface area contributed by atoms with Gasteiger partial charge in [-0.3, -0.25) is 4.90 Å². The fourth-order valence-corrected chi connectivity index (χ4v) is 3.52. The SMILES string of the molecule is CC(C)(O)CN1CCN(C(=S)NC2CCCCC2)CC1. The Morgan fingerprint density at radius 1 is 1.15 bits per heavy atom. The van der Waals surface area contributed by atoms with Crippen LogP contribution in [0.1, 0.15) is 46.0 Å². The molecule has 1 aliphatic heterocycles. The molecule has 0 aromatic rings. The van der Waals surface area contributed by atoms with Gasteiger partial charge in [0.2, 0.25) is 0 Å². The first-order chi connectivity index (χ1) is 9.44. The van der Waals surface area contributed by atoms with E-state index in [2.05, 4.69) is 15.1 Å². The quantitative estimate of drug-likeness (QED) is 0.774. The standard InChI is InChI=1S/C15H29N3OS/c1-15(2,19)12-17-8-10-18(11-9-17)14(20)16-13-6-4-3-5-7-13/h13,19H,3-12H2,1-2H3,(H,16,20).